The number of carbonyl (C=O) groups excluding carboxylic acids is 1. The number of rotatable bonds is 4. The smallest absolute Gasteiger partial charge is 0.267 e. The largest absolute Gasteiger partial charge is 0.351 e. The fraction of sp³-hybridized carbons (Fsp3) is 0.158. The minimum absolute atomic E-state index is 0.0841. The standard InChI is InChI=1S/C19H17N3OS/c1-12(19-22-15-8-4-5-9-17(15)24-19)11-20-18(23)16-10-13-6-2-3-7-14(13)21-16/h2-10,12,21H,11H2,1H3,(H,20,23). The van der Waals surface area contributed by atoms with E-state index in [4.69, 9.17) is 0 Å². The van der Waals surface area contributed by atoms with Gasteiger partial charge in [-0.2, -0.15) is 0 Å². The van der Waals surface area contributed by atoms with Crippen LogP contribution in [0.25, 0.3) is 21.1 Å². The van der Waals surface area contributed by atoms with Gasteiger partial charge in [-0.3, -0.25) is 4.79 Å². The van der Waals surface area contributed by atoms with Gasteiger partial charge < -0.3 is 10.3 Å². The summed E-state index contributed by atoms with van der Waals surface area (Å²) in [5, 5.41) is 5.09. The molecule has 0 aliphatic heterocycles. The number of benzene rings is 2. The van der Waals surface area contributed by atoms with Gasteiger partial charge in [-0.25, -0.2) is 4.98 Å². The quantitative estimate of drug-likeness (QED) is 0.584. The molecule has 120 valence electrons. The summed E-state index contributed by atoms with van der Waals surface area (Å²) in [6.07, 6.45) is 0. The van der Waals surface area contributed by atoms with Crippen molar-refractivity contribution in [3.8, 4) is 0 Å². The molecule has 0 saturated carbocycles. The van der Waals surface area contributed by atoms with Gasteiger partial charge in [0.25, 0.3) is 5.91 Å². The second-order valence-electron chi connectivity index (χ2n) is 5.90. The van der Waals surface area contributed by atoms with E-state index >= 15 is 0 Å². The summed E-state index contributed by atoms with van der Waals surface area (Å²) in [6, 6.07) is 17.9. The molecule has 4 nitrogen and oxygen atoms in total. The molecular weight excluding hydrogens is 318 g/mol. The molecule has 0 radical (unpaired) electrons. The van der Waals surface area contributed by atoms with Crippen LogP contribution in [0.4, 0.5) is 0 Å². The molecule has 0 fully saturated rings. The third kappa shape index (κ3) is 2.78. The van der Waals surface area contributed by atoms with Crippen molar-refractivity contribution < 1.29 is 4.79 Å². The SMILES string of the molecule is CC(CNC(=O)c1cc2ccccc2[nH]1)c1nc2ccccc2s1. The molecule has 2 aromatic carbocycles. The summed E-state index contributed by atoms with van der Waals surface area (Å²) >= 11 is 1.69. The highest BCUT2D eigenvalue weighted by Crippen LogP contribution is 2.27. The summed E-state index contributed by atoms with van der Waals surface area (Å²) in [4.78, 5) is 20.2. The van der Waals surface area contributed by atoms with Gasteiger partial charge in [0.05, 0.1) is 15.2 Å². The van der Waals surface area contributed by atoms with E-state index in [9.17, 15) is 4.79 Å². The number of thiazole rings is 1. The van der Waals surface area contributed by atoms with Crippen molar-refractivity contribution in [1.82, 2.24) is 15.3 Å². The number of aromatic nitrogens is 2. The lowest BCUT2D eigenvalue weighted by Gasteiger charge is -2.09. The third-order valence-corrected chi connectivity index (χ3v) is 5.34. The molecule has 2 N–H and O–H groups in total. The van der Waals surface area contributed by atoms with Crippen molar-refractivity contribution in [3.05, 3.63) is 65.3 Å². The predicted molar refractivity (Wildman–Crippen MR) is 98.7 cm³/mol. The van der Waals surface area contributed by atoms with Crippen molar-refractivity contribution in [2.45, 2.75) is 12.8 Å². The van der Waals surface area contributed by atoms with Crippen LogP contribution < -0.4 is 5.32 Å². The molecule has 0 bridgehead atoms. The molecule has 5 heteroatoms. The van der Waals surface area contributed by atoms with Crippen molar-refractivity contribution >= 4 is 38.4 Å². The Bertz CT molecular complexity index is 951. The highest BCUT2D eigenvalue weighted by Gasteiger charge is 2.14. The third-order valence-electron chi connectivity index (χ3n) is 4.08. The van der Waals surface area contributed by atoms with Crippen molar-refractivity contribution in [3.63, 3.8) is 0 Å². The first-order valence-corrected chi connectivity index (χ1v) is 8.74. The maximum atomic E-state index is 12.4. The average molecular weight is 335 g/mol. The number of fused-ring (bicyclic) bond motifs is 2. The number of aromatic amines is 1. The number of carbonyl (C=O) groups is 1. The zero-order chi connectivity index (χ0) is 16.5. The molecule has 0 spiro atoms. The molecule has 24 heavy (non-hydrogen) atoms. The van der Waals surface area contributed by atoms with E-state index in [0.29, 0.717) is 12.2 Å². The van der Waals surface area contributed by atoms with E-state index in [2.05, 4.69) is 28.3 Å². The lowest BCUT2D eigenvalue weighted by Crippen LogP contribution is -2.27. The lowest BCUT2D eigenvalue weighted by atomic mass is 10.2. The van der Waals surface area contributed by atoms with Crippen LogP contribution in [0, 0.1) is 0 Å². The highest BCUT2D eigenvalue weighted by molar-refractivity contribution is 7.18. The van der Waals surface area contributed by atoms with E-state index in [1.807, 2.05) is 48.5 Å². The van der Waals surface area contributed by atoms with Crippen LogP contribution >= 0.6 is 11.3 Å². The van der Waals surface area contributed by atoms with Gasteiger partial charge in [0.1, 0.15) is 5.69 Å². The number of hydrogen-bond acceptors (Lipinski definition) is 3. The van der Waals surface area contributed by atoms with E-state index < -0.39 is 0 Å². The zero-order valence-corrected chi connectivity index (χ0v) is 14.1. The highest BCUT2D eigenvalue weighted by atomic mass is 32.1. The molecule has 4 aromatic rings. The Morgan fingerprint density at radius 1 is 1.21 bits per heavy atom. The van der Waals surface area contributed by atoms with Crippen LogP contribution in [0.15, 0.2) is 54.6 Å². The van der Waals surface area contributed by atoms with E-state index in [0.717, 1.165) is 21.4 Å². The normalized spacial score (nSPS) is 12.5. The summed E-state index contributed by atoms with van der Waals surface area (Å²) < 4.78 is 1.18. The van der Waals surface area contributed by atoms with Gasteiger partial charge in [-0.15, -0.1) is 11.3 Å². The van der Waals surface area contributed by atoms with Crippen LogP contribution in [0.1, 0.15) is 28.3 Å². The van der Waals surface area contributed by atoms with Crippen LogP contribution in [0.5, 0.6) is 0 Å². The Hall–Kier alpha value is -2.66. The fourth-order valence-electron chi connectivity index (χ4n) is 2.72. The topological polar surface area (TPSA) is 57.8 Å². The van der Waals surface area contributed by atoms with Gasteiger partial charge in [0.2, 0.25) is 0 Å². The van der Waals surface area contributed by atoms with E-state index in [1.54, 1.807) is 11.3 Å². The number of hydrogen-bond donors (Lipinski definition) is 2. The predicted octanol–water partition coefficient (Wildman–Crippen LogP) is 4.31. The molecule has 1 unspecified atom stereocenters. The van der Waals surface area contributed by atoms with Crippen molar-refractivity contribution in [2.24, 2.45) is 0 Å². The van der Waals surface area contributed by atoms with Crippen LogP contribution in [0.2, 0.25) is 0 Å². The zero-order valence-electron chi connectivity index (χ0n) is 13.2. The molecular formula is C19H17N3OS. The Morgan fingerprint density at radius 2 is 2.00 bits per heavy atom. The molecule has 0 saturated heterocycles. The Labute approximate surface area is 143 Å². The molecule has 4 rings (SSSR count). The molecule has 0 aliphatic rings. The van der Waals surface area contributed by atoms with E-state index in [1.165, 1.54) is 4.70 Å². The molecule has 2 heterocycles. The Balaban J connectivity index is 1.46. The summed E-state index contributed by atoms with van der Waals surface area (Å²) in [5.74, 6) is 0.0925. The summed E-state index contributed by atoms with van der Waals surface area (Å²) in [7, 11) is 0. The van der Waals surface area contributed by atoms with Gasteiger partial charge >= 0.3 is 0 Å². The minimum atomic E-state index is -0.0841. The van der Waals surface area contributed by atoms with Crippen molar-refractivity contribution in [2.75, 3.05) is 6.54 Å². The first-order chi connectivity index (χ1) is 11.7. The second kappa shape index (κ2) is 6.09. The van der Waals surface area contributed by atoms with Gasteiger partial charge in [0, 0.05) is 23.4 Å². The van der Waals surface area contributed by atoms with Crippen LogP contribution in [0.3, 0.4) is 0 Å². The van der Waals surface area contributed by atoms with Gasteiger partial charge in [-0.05, 0) is 24.3 Å². The minimum Gasteiger partial charge on any atom is -0.351 e. The summed E-state index contributed by atoms with van der Waals surface area (Å²) in [5.41, 5.74) is 2.58. The van der Waals surface area contributed by atoms with E-state index in [-0.39, 0.29) is 11.8 Å². The monoisotopic (exact) mass is 335 g/mol. The number of nitrogens with one attached hydrogen (secondary N) is 2. The van der Waals surface area contributed by atoms with Crippen molar-refractivity contribution in [1.29, 1.82) is 0 Å². The number of nitrogens with zero attached hydrogens (tertiary/aromatic N) is 1. The molecule has 2 aromatic heterocycles. The number of H-pyrrole nitrogens is 1. The lowest BCUT2D eigenvalue weighted by molar-refractivity contribution is 0.0947. The van der Waals surface area contributed by atoms with Crippen LogP contribution in [-0.4, -0.2) is 22.4 Å². The van der Waals surface area contributed by atoms with Gasteiger partial charge in [-0.1, -0.05) is 37.3 Å². The maximum absolute atomic E-state index is 12.4. The molecule has 1 atom stereocenters. The summed E-state index contributed by atoms with van der Waals surface area (Å²) in [6.45, 7) is 2.65. The molecule has 1 amide bonds. The Kier molecular flexibility index (Phi) is 3.78. The Morgan fingerprint density at radius 3 is 2.83 bits per heavy atom. The van der Waals surface area contributed by atoms with Crippen LogP contribution in [-0.2, 0) is 0 Å². The average Bonchev–Trinajstić information content (AvgIpc) is 3.23. The number of para-hydroxylation sites is 2. The molecule has 0 aliphatic carbocycles. The first-order valence-electron chi connectivity index (χ1n) is 7.92. The first kappa shape index (κ1) is 14.9. The second-order valence-corrected chi connectivity index (χ2v) is 6.96. The fourth-order valence-corrected chi connectivity index (χ4v) is 3.74. The van der Waals surface area contributed by atoms with Gasteiger partial charge in [0.15, 0.2) is 0 Å². The number of amides is 1. The maximum Gasteiger partial charge on any atom is 0.267 e.